The highest BCUT2D eigenvalue weighted by atomic mass is 32.2. The maximum atomic E-state index is 13.4. The van der Waals surface area contributed by atoms with Gasteiger partial charge in [-0.05, 0) is 18.6 Å². The van der Waals surface area contributed by atoms with E-state index in [4.69, 9.17) is 6.42 Å². The Bertz CT molecular complexity index is 679. The summed E-state index contributed by atoms with van der Waals surface area (Å²) in [4.78, 5) is 9.42. The molecule has 0 aliphatic heterocycles. The number of benzene rings is 1. The van der Waals surface area contributed by atoms with Gasteiger partial charge in [-0.3, -0.25) is 10.1 Å². The topological polar surface area (TPSA) is 80.5 Å². The Balaban J connectivity index is 3.50. The lowest BCUT2D eigenvalue weighted by molar-refractivity contribution is -0.387. The second-order valence-electron chi connectivity index (χ2n) is 3.96. The first-order chi connectivity index (χ1) is 9.25. The van der Waals surface area contributed by atoms with Crippen LogP contribution in [-0.4, -0.2) is 30.7 Å². The third-order valence-corrected chi connectivity index (χ3v) is 4.74. The normalized spacial score (nSPS) is 11.3. The lowest BCUT2D eigenvalue weighted by atomic mass is 10.2. The highest BCUT2D eigenvalue weighted by Gasteiger charge is 2.28. The van der Waals surface area contributed by atoms with Gasteiger partial charge in [0.25, 0.3) is 0 Å². The molecule has 0 atom stereocenters. The fraction of sp³-hybridized carbons (Fsp3) is 0.333. The largest absolute Gasteiger partial charge is 0.306 e. The van der Waals surface area contributed by atoms with Gasteiger partial charge >= 0.3 is 5.69 Å². The van der Waals surface area contributed by atoms with Gasteiger partial charge in [0.2, 0.25) is 15.8 Å². The second-order valence-corrected chi connectivity index (χ2v) is 5.87. The number of hydrogen-bond acceptors (Lipinski definition) is 4. The zero-order chi connectivity index (χ0) is 15.5. The Kier molecular flexibility index (Phi) is 4.81. The van der Waals surface area contributed by atoms with Crippen molar-refractivity contribution in [3.05, 3.63) is 33.6 Å². The molecule has 1 aromatic carbocycles. The van der Waals surface area contributed by atoms with Gasteiger partial charge in [0, 0.05) is 12.6 Å². The SMILES string of the molecule is C#CCN(CC)S(=O)(=O)c1cc([N+](=O)[O-])c(F)cc1C. The van der Waals surface area contributed by atoms with Crippen molar-refractivity contribution in [3.8, 4) is 12.3 Å². The molecule has 0 fully saturated rings. The summed E-state index contributed by atoms with van der Waals surface area (Å²) in [5.41, 5.74) is -0.797. The average molecular weight is 300 g/mol. The standard InChI is InChI=1S/C12H13FN2O4S/c1-4-6-14(5-2)20(18,19)12-8-11(15(16)17)10(13)7-9(12)3/h1,7-8H,5-6H2,2-3H3. The molecule has 1 rings (SSSR count). The molecular weight excluding hydrogens is 287 g/mol. The quantitative estimate of drug-likeness (QED) is 0.471. The summed E-state index contributed by atoms with van der Waals surface area (Å²) in [5, 5.41) is 10.7. The molecule has 0 heterocycles. The Morgan fingerprint density at radius 3 is 2.55 bits per heavy atom. The second kappa shape index (κ2) is 5.98. The Labute approximate surface area is 116 Å². The molecule has 0 aliphatic carbocycles. The maximum Gasteiger partial charge on any atom is 0.306 e. The number of nitro benzene ring substituents is 1. The number of halogens is 1. The van der Waals surface area contributed by atoms with Crippen LogP contribution in [0.3, 0.4) is 0 Å². The van der Waals surface area contributed by atoms with Crippen LogP contribution in [0.5, 0.6) is 0 Å². The fourth-order valence-corrected chi connectivity index (χ4v) is 3.26. The van der Waals surface area contributed by atoms with Gasteiger partial charge < -0.3 is 0 Å². The molecule has 0 saturated carbocycles. The molecule has 0 saturated heterocycles. The van der Waals surface area contributed by atoms with Crippen LogP contribution in [0.25, 0.3) is 0 Å². The van der Waals surface area contributed by atoms with Gasteiger partial charge in [0.15, 0.2) is 0 Å². The number of nitro groups is 1. The lowest BCUT2D eigenvalue weighted by Crippen LogP contribution is -2.31. The van der Waals surface area contributed by atoms with Crippen molar-refractivity contribution in [2.24, 2.45) is 0 Å². The molecule has 0 unspecified atom stereocenters. The summed E-state index contributed by atoms with van der Waals surface area (Å²) < 4.78 is 39.1. The van der Waals surface area contributed by atoms with E-state index in [9.17, 15) is 22.9 Å². The molecular formula is C12H13FN2O4S. The van der Waals surface area contributed by atoms with Crippen LogP contribution in [0, 0.1) is 35.2 Å². The van der Waals surface area contributed by atoms with Crippen LogP contribution in [0.15, 0.2) is 17.0 Å². The van der Waals surface area contributed by atoms with Gasteiger partial charge in [0.05, 0.1) is 16.4 Å². The van der Waals surface area contributed by atoms with E-state index >= 15 is 0 Å². The van der Waals surface area contributed by atoms with E-state index in [1.165, 1.54) is 6.92 Å². The summed E-state index contributed by atoms with van der Waals surface area (Å²) in [6.45, 7) is 2.89. The van der Waals surface area contributed by atoms with Gasteiger partial charge in [-0.15, -0.1) is 6.42 Å². The van der Waals surface area contributed by atoms with Crippen LogP contribution in [0.4, 0.5) is 10.1 Å². The van der Waals surface area contributed by atoms with Crippen LogP contribution >= 0.6 is 0 Å². The third kappa shape index (κ3) is 2.95. The molecule has 0 bridgehead atoms. The summed E-state index contributed by atoms with van der Waals surface area (Å²) >= 11 is 0. The van der Waals surface area contributed by atoms with E-state index in [0.29, 0.717) is 0 Å². The Hall–Kier alpha value is -1.98. The number of nitrogens with zero attached hydrogens (tertiary/aromatic N) is 2. The highest BCUT2D eigenvalue weighted by Crippen LogP contribution is 2.27. The van der Waals surface area contributed by atoms with Crippen molar-refractivity contribution in [1.29, 1.82) is 0 Å². The average Bonchev–Trinajstić information content (AvgIpc) is 2.34. The fourth-order valence-electron chi connectivity index (χ4n) is 1.67. The van der Waals surface area contributed by atoms with E-state index < -0.39 is 26.5 Å². The zero-order valence-electron chi connectivity index (χ0n) is 11.0. The molecule has 0 spiro atoms. The summed E-state index contributed by atoms with van der Waals surface area (Å²) in [5.74, 6) is 1.12. The molecule has 20 heavy (non-hydrogen) atoms. The summed E-state index contributed by atoms with van der Waals surface area (Å²) in [6, 6.07) is 1.55. The van der Waals surface area contributed by atoms with Crippen molar-refractivity contribution in [2.45, 2.75) is 18.7 Å². The van der Waals surface area contributed by atoms with E-state index in [1.807, 2.05) is 0 Å². The van der Waals surface area contributed by atoms with Gasteiger partial charge in [-0.25, -0.2) is 8.42 Å². The van der Waals surface area contributed by atoms with Crippen LogP contribution < -0.4 is 0 Å². The number of aryl methyl sites for hydroxylation is 1. The minimum absolute atomic E-state index is 0.0866. The molecule has 1 aromatic rings. The first kappa shape index (κ1) is 16.1. The molecule has 0 aromatic heterocycles. The Morgan fingerprint density at radius 2 is 2.10 bits per heavy atom. The third-order valence-electron chi connectivity index (χ3n) is 2.68. The van der Waals surface area contributed by atoms with Crippen molar-refractivity contribution in [1.82, 2.24) is 4.31 Å². The van der Waals surface area contributed by atoms with Crippen molar-refractivity contribution in [2.75, 3.05) is 13.1 Å². The molecule has 0 aliphatic rings. The number of terminal acetylenes is 1. The van der Waals surface area contributed by atoms with Gasteiger partial charge in [0.1, 0.15) is 0 Å². The highest BCUT2D eigenvalue weighted by molar-refractivity contribution is 7.89. The van der Waals surface area contributed by atoms with Crippen LogP contribution in [0.2, 0.25) is 0 Å². The molecule has 0 N–H and O–H groups in total. The first-order valence-electron chi connectivity index (χ1n) is 5.63. The molecule has 0 radical (unpaired) electrons. The minimum atomic E-state index is -4.00. The number of hydrogen-bond donors (Lipinski definition) is 0. The summed E-state index contributed by atoms with van der Waals surface area (Å²) in [6.07, 6.45) is 5.10. The van der Waals surface area contributed by atoms with E-state index in [2.05, 4.69) is 5.92 Å². The smallest absolute Gasteiger partial charge is 0.258 e. The molecule has 6 nitrogen and oxygen atoms in total. The lowest BCUT2D eigenvalue weighted by Gasteiger charge is -2.19. The van der Waals surface area contributed by atoms with Crippen molar-refractivity contribution in [3.63, 3.8) is 0 Å². The zero-order valence-corrected chi connectivity index (χ0v) is 11.8. The molecule has 8 heteroatoms. The number of rotatable bonds is 5. The predicted octanol–water partition coefficient (Wildman–Crippen LogP) is 1.69. The van der Waals surface area contributed by atoms with Crippen LogP contribution in [-0.2, 0) is 10.0 Å². The maximum absolute atomic E-state index is 13.4. The van der Waals surface area contributed by atoms with Crippen molar-refractivity contribution < 1.29 is 17.7 Å². The van der Waals surface area contributed by atoms with Crippen LogP contribution in [0.1, 0.15) is 12.5 Å². The first-order valence-corrected chi connectivity index (χ1v) is 7.07. The van der Waals surface area contributed by atoms with E-state index in [-0.39, 0.29) is 23.5 Å². The Morgan fingerprint density at radius 1 is 1.50 bits per heavy atom. The van der Waals surface area contributed by atoms with Gasteiger partial charge in [-0.1, -0.05) is 12.8 Å². The van der Waals surface area contributed by atoms with Gasteiger partial charge in [-0.2, -0.15) is 8.70 Å². The molecule has 108 valence electrons. The monoisotopic (exact) mass is 300 g/mol. The minimum Gasteiger partial charge on any atom is -0.258 e. The van der Waals surface area contributed by atoms with E-state index in [0.717, 1.165) is 16.4 Å². The number of sulfonamides is 1. The predicted molar refractivity (Wildman–Crippen MR) is 71.1 cm³/mol. The van der Waals surface area contributed by atoms with Crippen molar-refractivity contribution >= 4 is 15.7 Å². The van der Waals surface area contributed by atoms with E-state index in [1.54, 1.807) is 6.92 Å². The molecule has 0 amide bonds. The summed E-state index contributed by atoms with van der Waals surface area (Å²) in [7, 11) is -4.00.